The molecular formula is C18H20N2. The number of hydrogen-bond acceptors (Lipinski definition) is 1. The van der Waals surface area contributed by atoms with Crippen LogP contribution < -0.4 is 5.32 Å². The Hall–Kier alpha value is -2.22. The van der Waals surface area contributed by atoms with E-state index in [1.54, 1.807) is 0 Å². The van der Waals surface area contributed by atoms with Crippen LogP contribution in [0.1, 0.15) is 31.0 Å². The van der Waals surface area contributed by atoms with Crippen LogP contribution in [0.3, 0.4) is 0 Å². The van der Waals surface area contributed by atoms with Gasteiger partial charge in [0, 0.05) is 23.4 Å². The average molecular weight is 264 g/mol. The number of hydrogen-bond donors (Lipinski definition) is 2. The lowest BCUT2D eigenvalue weighted by atomic mass is 10.1. The first-order valence-corrected chi connectivity index (χ1v) is 7.13. The Balaban J connectivity index is 1.78. The molecule has 0 fully saturated rings. The predicted molar refractivity (Wildman–Crippen MR) is 86.2 cm³/mol. The van der Waals surface area contributed by atoms with E-state index in [-0.39, 0.29) is 0 Å². The Morgan fingerprint density at radius 3 is 2.55 bits per heavy atom. The van der Waals surface area contributed by atoms with Crippen molar-refractivity contribution in [1.29, 1.82) is 0 Å². The number of nitrogens with one attached hydrogen (secondary N) is 2. The van der Waals surface area contributed by atoms with E-state index in [2.05, 4.69) is 72.7 Å². The van der Waals surface area contributed by atoms with E-state index in [4.69, 9.17) is 0 Å². The number of fused-ring (bicyclic) bond motifs is 1. The van der Waals surface area contributed by atoms with E-state index in [1.165, 1.54) is 22.2 Å². The van der Waals surface area contributed by atoms with Crippen LogP contribution in [-0.4, -0.2) is 4.98 Å². The molecule has 102 valence electrons. The Kier molecular flexibility index (Phi) is 3.46. The van der Waals surface area contributed by atoms with Crippen LogP contribution >= 0.6 is 0 Å². The molecule has 0 bridgehead atoms. The molecule has 0 aliphatic heterocycles. The summed E-state index contributed by atoms with van der Waals surface area (Å²) in [5.41, 5.74) is 4.94. The number of H-pyrrole nitrogens is 1. The molecule has 0 saturated carbocycles. The van der Waals surface area contributed by atoms with Gasteiger partial charge in [-0.25, -0.2) is 0 Å². The molecule has 2 N–H and O–H groups in total. The first-order chi connectivity index (χ1) is 9.72. The van der Waals surface area contributed by atoms with Crippen molar-refractivity contribution in [2.75, 3.05) is 5.32 Å². The van der Waals surface area contributed by atoms with Crippen LogP contribution in [-0.2, 0) is 6.54 Å². The Morgan fingerprint density at radius 1 is 1.00 bits per heavy atom. The minimum atomic E-state index is 0.531. The molecule has 20 heavy (non-hydrogen) atoms. The maximum atomic E-state index is 3.49. The topological polar surface area (TPSA) is 27.8 Å². The van der Waals surface area contributed by atoms with Crippen molar-refractivity contribution in [3.8, 4) is 0 Å². The standard InChI is InChI=1S/C18H20N2/c1-13(2)17-10-15-8-9-16(11-18(15)20-17)19-12-14-6-4-3-5-7-14/h3-11,13,19-20H,12H2,1-2H3. The molecule has 0 atom stereocenters. The molecule has 3 rings (SSSR count). The van der Waals surface area contributed by atoms with Crippen LogP contribution in [0.15, 0.2) is 54.6 Å². The van der Waals surface area contributed by atoms with Crippen LogP contribution in [0.5, 0.6) is 0 Å². The zero-order chi connectivity index (χ0) is 13.9. The van der Waals surface area contributed by atoms with E-state index in [1.807, 2.05) is 6.07 Å². The lowest BCUT2D eigenvalue weighted by molar-refractivity contribution is 0.836. The zero-order valence-corrected chi connectivity index (χ0v) is 12.0. The number of aromatic amines is 1. The molecule has 0 aliphatic carbocycles. The number of anilines is 1. The second kappa shape index (κ2) is 5.41. The van der Waals surface area contributed by atoms with Gasteiger partial charge >= 0.3 is 0 Å². The van der Waals surface area contributed by atoms with Crippen LogP contribution in [0.2, 0.25) is 0 Å². The van der Waals surface area contributed by atoms with Gasteiger partial charge in [0.05, 0.1) is 0 Å². The highest BCUT2D eigenvalue weighted by Gasteiger charge is 2.04. The van der Waals surface area contributed by atoms with Crippen molar-refractivity contribution in [2.24, 2.45) is 0 Å². The second-order valence-electron chi connectivity index (χ2n) is 5.52. The van der Waals surface area contributed by atoms with Crippen molar-refractivity contribution in [1.82, 2.24) is 4.98 Å². The summed E-state index contributed by atoms with van der Waals surface area (Å²) in [6.45, 7) is 5.27. The summed E-state index contributed by atoms with van der Waals surface area (Å²) >= 11 is 0. The van der Waals surface area contributed by atoms with E-state index >= 15 is 0 Å². The zero-order valence-electron chi connectivity index (χ0n) is 12.0. The van der Waals surface area contributed by atoms with Gasteiger partial charge in [-0.05, 0) is 35.1 Å². The maximum Gasteiger partial charge on any atom is 0.0476 e. The van der Waals surface area contributed by atoms with Crippen molar-refractivity contribution >= 4 is 16.6 Å². The van der Waals surface area contributed by atoms with Crippen LogP contribution in [0.4, 0.5) is 5.69 Å². The molecule has 0 saturated heterocycles. The Bertz CT molecular complexity index is 696. The van der Waals surface area contributed by atoms with Crippen molar-refractivity contribution in [3.05, 3.63) is 65.9 Å². The van der Waals surface area contributed by atoms with Crippen LogP contribution in [0.25, 0.3) is 10.9 Å². The fraction of sp³-hybridized carbons (Fsp3) is 0.222. The van der Waals surface area contributed by atoms with E-state index in [9.17, 15) is 0 Å². The fourth-order valence-corrected chi connectivity index (χ4v) is 2.37. The lowest BCUT2D eigenvalue weighted by Crippen LogP contribution is -1.98. The first kappa shape index (κ1) is 12.8. The quantitative estimate of drug-likeness (QED) is 0.689. The highest BCUT2D eigenvalue weighted by molar-refractivity contribution is 5.84. The molecule has 3 aromatic rings. The third-order valence-corrected chi connectivity index (χ3v) is 3.60. The van der Waals surface area contributed by atoms with Gasteiger partial charge in [0.25, 0.3) is 0 Å². The van der Waals surface area contributed by atoms with Crippen LogP contribution in [0, 0.1) is 0 Å². The summed E-state index contributed by atoms with van der Waals surface area (Å²) in [5.74, 6) is 0.531. The smallest absolute Gasteiger partial charge is 0.0476 e. The minimum Gasteiger partial charge on any atom is -0.381 e. The van der Waals surface area contributed by atoms with Gasteiger partial charge in [-0.3, -0.25) is 0 Å². The molecule has 1 aromatic heterocycles. The molecule has 0 spiro atoms. The summed E-state index contributed by atoms with van der Waals surface area (Å²) in [7, 11) is 0. The molecular weight excluding hydrogens is 244 g/mol. The van der Waals surface area contributed by atoms with Gasteiger partial charge in [0.2, 0.25) is 0 Å². The normalized spacial score (nSPS) is 11.2. The van der Waals surface area contributed by atoms with E-state index in [0.717, 1.165) is 12.2 Å². The Labute approximate surface area is 119 Å². The molecule has 0 radical (unpaired) electrons. The fourth-order valence-electron chi connectivity index (χ4n) is 2.37. The second-order valence-corrected chi connectivity index (χ2v) is 5.52. The van der Waals surface area contributed by atoms with Gasteiger partial charge in [-0.2, -0.15) is 0 Å². The third-order valence-electron chi connectivity index (χ3n) is 3.60. The third kappa shape index (κ3) is 2.69. The van der Waals surface area contributed by atoms with Crippen molar-refractivity contribution in [2.45, 2.75) is 26.3 Å². The van der Waals surface area contributed by atoms with Gasteiger partial charge in [0.1, 0.15) is 0 Å². The van der Waals surface area contributed by atoms with Crippen molar-refractivity contribution < 1.29 is 0 Å². The molecule has 1 heterocycles. The van der Waals surface area contributed by atoms with Gasteiger partial charge in [-0.15, -0.1) is 0 Å². The summed E-state index contributed by atoms with van der Waals surface area (Å²) in [5, 5.41) is 4.75. The molecule has 0 unspecified atom stereocenters. The number of aromatic nitrogens is 1. The molecule has 0 aliphatic rings. The summed E-state index contributed by atoms with van der Waals surface area (Å²) in [6.07, 6.45) is 0. The first-order valence-electron chi connectivity index (χ1n) is 7.13. The minimum absolute atomic E-state index is 0.531. The van der Waals surface area contributed by atoms with E-state index < -0.39 is 0 Å². The highest BCUT2D eigenvalue weighted by atomic mass is 14.9. The molecule has 2 heteroatoms. The number of rotatable bonds is 4. The molecule has 2 aromatic carbocycles. The SMILES string of the molecule is CC(C)c1cc2ccc(NCc3ccccc3)cc2[nH]1. The summed E-state index contributed by atoms with van der Waals surface area (Å²) in [6, 6.07) is 19.2. The highest BCUT2D eigenvalue weighted by Crippen LogP contribution is 2.23. The monoisotopic (exact) mass is 264 g/mol. The average Bonchev–Trinajstić information content (AvgIpc) is 2.89. The van der Waals surface area contributed by atoms with Gasteiger partial charge < -0.3 is 10.3 Å². The predicted octanol–water partition coefficient (Wildman–Crippen LogP) is 4.90. The number of benzene rings is 2. The van der Waals surface area contributed by atoms with Crippen molar-refractivity contribution in [3.63, 3.8) is 0 Å². The lowest BCUT2D eigenvalue weighted by Gasteiger charge is -2.06. The van der Waals surface area contributed by atoms with Gasteiger partial charge in [0.15, 0.2) is 0 Å². The Morgan fingerprint density at radius 2 is 1.80 bits per heavy atom. The maximum absolute atomic E-state index is 3.49. The van der Waals surface area contributed by atoms with E-state index in [0.29, 0.717) is 5.92 Å². The molecule has 0 amide bonds. The summed E-state index contributed by atoms with van der Waals surface area (Å²) in [4.78, 5) is 3.49. The summed E-state index contributed by atoms with van der Waals surface area (Å²) < 4.78 is 0. The largest absolute Gasteiger partial charge is 0.381 e. The molecule has 2 nitrogen and oxygen atoms in total. The van der Waals surface area contributed by atoms with Gasteiger partial charge in [-0.1, -0.05) is 50.2 Å².